The van der Waals surface area contributed by atoms with E-state index in [-0.39, 0.29) is 11.5 Å². The molecule has 1 aliphatic carbocycles. The van der Waals surface area contributed by atoms with Gasteiger partial charge in [-0.15, -0.1) is 0 Å². The average molecular weight is 510 g/mol. The predicted molar refractivity (Wildman–Crippen MR) is 114 cm³/mol. The number of rotatable bonds is 6. The fraction of sp³-hybridized carbons (Fsp3) is 0.348. The van der Waals surface area contributed by atoms with Crippen molar-refractivity contribution in [1.29, 1.82) is 0 Å². The number of nitrogens with zero attached hydrogens (tertiary/aromatic N) is 1. The fourth-order valence-electron chi connectivity index (χ4n) is 4.30. The second-order valence-electron chi connectivity index (χ2n) is 8.05. The summed E-state index contributed by atoms with van der Waals surface area (Å²) in [7, 11) is 1.56. The van der Waals surface area contributed by atoms with Gasteiger partial charge in [0.05, 0.1) is 31.2 Å². The highest BCUT2D eigenvalue weighted by Gasteiger charge is 2.55. The molecule has 0 N–H and O–H groups in total. The highest BCUT2D eigenvalue weighted by atomic mass is 79.9. The van der Waals surface area contributed by atoms with Crippen LogP contribution in [0.25, 0.3) is 0 Å². The number of Topliss-reactive ketones (excluding diaryl/α,β-unsaturated/α-hetero) is 2. The highest BCUT2D eigenvalue weighted by Crippen LogP contribution is 2.56. The molecule has 0 aromatic heterocycles. The van der Waals surface area contributed by atoms with Gasteiger partial charge in [0.15, 0.2) is 5.78 Å². The molecule has 0 radical (unpaired) electrons. The van der Waals surface area contributed by atoms with Crippen molar-refractivity contribution < 1.29 is 32.3 Å². The number of ketones is 2. The second kappa shape index (κ2) is 8.03. The minimum atomic E-state index is -5.07. The Morgan fingerprint density at radius 2 is 1.81 bits per heavy atom. The number of amides is 1. The van der Waals surface area contributed by atoms with Crippen molar-refractivity contribution in [2.24, 2.45) is 0 Å². The minimum Gasteiger partial charge on any atom is -0.497 e. The Bertz CT molecular complexity index is 1110. The second-order valence-corrected chi connectivity index (χ2v) is 8.90. The SMILES string of the molecule is COc1ccc(CN2C(=O)C3(CCC3)c3cc(C(=O)CC(=O)C(F)(F)F)cc(Br)c32)cc1. The van der Waals surface area contributed by atoms with E-state index in [1.54, 1.807) is 24.1 Å². The zero-order valence-electron chi connectivity index (χ0n) is 17.1. The number of carbonyl (C=O) groups excluding carboxylic acids is 3. The number of anilines is 1. The third kappa shape index (κ3) is 3.72. The van der Waals surface area contributed by atoms with Crippen molar-refractivity contribution in [1.82, 2.24) is 0 Å². The summed E-state index contributed by atoms with van der Waals surface area (Å²) in [5.74, 6) is -2.41. The van der Waals surface area contributed by atoms with E-state index in [0.29, 0.717) is 40.9 Å². The zero-order valence-corrected chi connectivity index (χ0v) is 18.7. The third-order valence-corrected chi connectivity index (χ3v) is 6.77. The van der Waals surface area contributed by atoms with Gasteiger partial charge >= 0.3 is 6.18 Å². The summed E-state index contributed by atoms with van der Waals surface area (Å²) in [6.07, 6.45) is -4.29. The van der Waals surface area contributed by atoms with Crippen LogP contribution in [-0.4, -0.2) is 30.8 Å². The summed E-state index contributed by atoms with van der Waals surface area (Å²) in [5, 5.41) is 0. The Labute approximate surface area is 190 Å². The molecule has 5 nitrogen and oxygen atoms in total. The van der Waals surface area contributed by atoms with Crippen LogP contribution in [0.2, 0.25) is 0 Å². The smallest absolute Gasteiger partial charge is 0.450 e. The first-order valence-electron chi connectivity index (χ1n) is 9.99. The minimum absolute atomic E-state index is 0.0152. The Balaban J connectivity index is 1.70. The van der Waals surface area contributed by atoms with Gasteiger partial charge in [-0.1, -0.05) is 18.6 Å². The number of fused-ring (bicyclic) bond motifs is 2. The molecule has 168 valence electrons. The lowest BCUT2D eigenvalue weighted by Gasteiger charge is -2.37. The zero-order chi connectivity index (χ0) is 23.3. The molecule has 0 bridgehead atoms. The van der Waals surface area contributed by atoms with E-state index in [1.807, 2.05) is 12.1 Å². The lowest BCUT2D eigenvalue weighted by atomic mass is 9.65. The van der Waals surface area contributed by atoms with Crippen molar-refractivity contribution in [3.63, 3.8) is 0 Å². The summed E-state index contributed by atoms with van der Waals surface area (Å²) >= 11 is 3.41. The molecule has 1 aliphatic heterocycles. The highest BCUT2D eigenvalue weighted by molar-refractivity contribution is 9.10. The van der Waals surface area contributed by atoms with Crippen molar-refractivity contribution >= 4 is 39.1 Å². The van der Waals surface area contributed by atoms with Crippen LogP contribution in [0.3, 0.4) is 0 Å². The Morgan fingerprint density at radius 3 is 2.34 bits per heavy atom. The lowest BCUT2D eigenvalue weighted by Crippen LogP contribution is -2.44. The number of halogens is 4. The Kier molecular flexibility index (Phi) is 5.65. The molecule has 1 heterocycles. The third-order valence-electron chi connectivity index (χ3n) is 6.17. The van der Waals surface area contributed by atoms with Gasteiger partial charge in [-0.25, -0.2) is 0 Å². The fourth-order valence-corrected chi connectivity index (χ4v) is 4.97. The first-order chi connectivity index (χ1) is 15.1. The number of hydrogen-bond donors (Lipinski definition) is 0. The number of methoxy groups -OCH3 is 1. The molecule has 1 saturated carbocycles. The monoisotopic (exact) mass is 509 g/mol. The van der Waals surface area contributed by atoms with E-state index in [9.17, 15) is 27.6 Å². The van der Waals surface area contributed by atoms with Crippen molar-refractivity contribution in [2.75, 3.05) is 12.0 Å². The summed E-state index contributed by atoms with van der Waals surface area (Å²) in [6, 6.07) is 10.2. The van der Waals surface area contributed by atoms with Crippen molar-refractivity contribution in [3.8, 4) is 5.75 Å². The molecule has 4 rings (SSSR count). The topological polar surface area (TPSA) is 63.7 Å². The molecule has 1 fully saturated rings. The van der Waals surface area contributed by atoms with Crippen LogP contribution in [0.1, 0.15) is 47.2 Å². The molecule has 0 atom stereocenters. The van der Waals surface area contributed by atoms with Crippen LogP contribution in [-0.2, 0) is 21.5 Å². The molecule has 2 aromatic rings. The largest absolute Gasteiger partial charge is 0.497 e. The Hall–Kier alpha value is -2.68. The van der Waals surface area contributed by atoms with Crippen LogP contribution < -0.4 is 9.64 Å². The van der Waals surface area contributed by atoms with Gasteiger partial charge in [0.25, 0.3) is 0 Å². The van der Waals surface area contributed by atoms with Gasteiger partial charge < -0.3 is 9.64 Å². The van der Waals surface area contributed by atoms with E-state index >= 15 is 0 Å². The maximum Gasteiger partial charge on any atom is 0.450 e. The van der Waals surface area contributed by atoms with Crippen LogP contribution in [0.4, 0.5) is 18.9 Å². The standard InChI is InChI=1S/C23H19BrF3NO4/c1-32-15-5-3-13(4-6-15)12-28-20-16(22(21(28)31)7-2-8-22)9-14(10-17(20)24)18(29)11-19(30)23(25,26)27/h3-6,9-10H,2,7-8,11-12H2,1H3. The average Bonchev–Trinajstić information content (AvgIpc) is 2.96. The van der Waals surface area contributed by atoms with Gasteiger partial charge in [-0.2, -0.15) is 13.2 Å². The van der Waals surface area contributed by atoms with Gasteiger partial charge in [-0.05, 0) is 64.2 Å². The quantitative estimate of drug-likeness (QED) is 0.400. The maximum atomic E-state index is 13.4. The molecule has 1 amide bonds. The van der Waals surface area contributed by atoms with Gasteiger partial charge in [0, 0.05) is 10.0 Å². The molecule has 9 heteroatoms. The number of ether oxygens (including phenoxy) is 1. The molecule has 1 spiro atoms. The van der Waals surface area contributed by atoms with E-state index < -0.39 is 29.6 Å². The van der Waals surface area contributed by atoms with Crippen LogP contribution in [0, 0.1) is 0 Å². The molecule has 32 heavy (non-hydrogen) atoms. The molecular weight excluding hydrogens is 491 g/mol. The first-order valence-corrected chi connectivity index (χ1v) is 10.8. The summed E-state index contributed by atoms with van der Waals surface area (Å²) < 4.78 is 43.4. The van der Waals surface area contributed by atoms with Crippen LogP contribution in [0.15, 0.2) is 40.9 Å². The molecule has 2 aliphatic rings. The molecule has 2 aromatic carbocycles. The molecule has 0 saturated heterocycles. The predicted octanol–water partition coefficient (Wildman–Crippen LogP) is 5.13. The van der Waals surface area contributed by atoms with Gasteiger partial charge in [0.1, 0.15) is 5.75 Å². The van der Waals surface area contributed by atoms with E-state index in [4.69, 9.17) is 4.74 Å². The van der Waals surface area contributed by atoms with E-state index in [1.165, 1.54) is 12.1 Å². The lowest BCUT2D eigenvalue weighted by molar-refractivity contribution is -0.170. The normalized spacial score (nSPS) is 16.7. The summed E-state index contributed by atoms with van der Waals surface area (Å²) in [6.45, 7) is 0.302. The maximum absolute atomic E-state index is 13.4. The molecule has 0 unspecified atom stereocenters. The van der Waals surface area contributed by atoms with Gasteiger partial charge in [0.2, 0.25) is 11.7 Å². The van der Waals surface area contributed by atoms with E-state index in [0.717, 1.165) is 12.0 Å². The number of hydrogen-bond acceptors (Lipinski definition) is 4. The van der Waals surface area contributed by atoms with E-state index in [2.05, 4.69) is 15.9 Å². The van der Waals surface area contributed by atoms with Crippen LogP contribution in [0.5, 0.6) is 5.75 Å². The first kappa shape index (κ1) is 22.5. The number of carbonyl (C=O) groups is 3. The summed E-state index contributed by atoms with van der Waals surface area (Å²) in [4.78, 5) is 38.8. The number of benzene rings is 2. The Morgan fingerprint density at radius 1 is 1.16 bits per heavy atom. The van der Waals surface area contributed by atoms with Gasteiger partial charge in [-0.3, -0.25) is 14.4 Å². The van der Waals surface area contributed by atoms with Crippen LogP contribution >= 0.6 is 15.9 Å². The van der Waals surface area contributed by atoms with Crippen molar-refractivity contribution in [3.05, 3.63) is 57.6 Å². The summed E-state index contributed by atoms with van der Waals surface area (Å²) in [5.41, 5.74) is 1.32. The van der Waals surface area contributed by atoms with Crippen molar-refractivity contribution in [2.45, 2.75) is 43.8 Å². The molecular formula is C23H19BrF3NO4. The number of alkyl halides is 3.